The predicted octanol–water partition coefficient (Wildman–Crippen LogP) is 6.31. The zero-order valence-corrected chi connectivity index (χ0v) is 22.8. The van der Waals surface area contributed by atoms with Gasteiger partial charge in [0, 0.05) is 42.6 Å². The molecule has 0 N–H and O–H groups in total. The summed E-state index contributed by atoms with van der Waals surface area (Å²) in [6.07, 6.45) is 14.6. The van der Waals surface area contributed by atoms with Gasteiger partial charge in [-0.2, -0.15) is 10.2 Å². The Morgan fingerprint density at radius 2 is 1.33 bits per heavy atom. The zero-order chi connectivity index (χ0) is 26.6. The van der Waals surface area contributed by atoms with Gasteiger partial charge in [0.2, 0.25) is 0 Å². The van der Waals surface area contributed by atoms with Gasteiger partial charge in [0.1, 0.15) is 0 Å². The summed E-state index contributed by atoms with van der Waals surface area (Å²) in [4.78, 5) is 4.22. The van der Waals surface area contributed by atoms with Crippen LogP contribution in [0.25, 0.3) is 22.6 Å². The van der Waals surface area contributed by atoms with E-state index in [4.69, 9.17) is 6.42 Å². The Morgan fingerprint density at radius 3 is 1.79 bits per heavy atom. The van der Waals surface area contributed by atoms with Gasteiger partial charge >= 0.3 is 20.1 Å². The molecule has 0 atom stereocenters. The van der Waals surface area contributed by atoms with Crippen molar-refractivity contribution >= 4 is 0 Å². The van der Waals surface area contributed by atoms with Gasteiger partial charge in [-0.1, -0.05) is 36.4 Å². The van der Waals surface area contributed by atoms with Crippen molar-refractivity contribution in [3.05, 3.63) is 158 Å². The number of halogens is 2. The van der Waals surface area contributed by atoms with Crippen molar-refractivity contribution in [1.82, 2.24) is 24.5 Å². The number of pyridine rings is 1. The van der Waals surface area contributed by atoms with Crippen LogP contribution in [0.3, 0.4) is 0 Å². The molecule has 5 nitrogen and oxygen atoms in total. The van der Waals surface area contributed by atoms with Crippen LogP contribution in [-0.4, -0.2) is 24.5 Å². The molecule has 0 bridgehead atoms. The van der Waals surface area contributed by atoms with E-state index < -0.39 is 11.6 Å². The molecule has 0 fully saturated rings. The molecule has 6 aromatic rings. The van der Waals surface area contributed by atoms with Crippen molar-refractivity contribution in [3.63, 3.8) is 0 Å². The molecule has 8 heteroatoms. The summed E-state index contributed by atoms with van der Waals surface area (Å²) in [5.41, 5.74) is 2.93. The monoisotopic (exact) mass is 693 g/mol. The van der Waals surface area contributed by atoms with Crippen molar-refractivity contribution < 1.29 is 28.9 Å². The summed E-state index contributed by atoms with van der Waals surface area (Å²) in [6, 6.07) is 32.9. The third-order valence-corrected chi connectivity index (χ3v) is 4.98. The summed E-state index contributed by atoms with van der Waals surface area (Å²) in [5, 5.41) is 7.79. The molecule has 39 heavy (non-hydrogen) atoms. The average molecular weight is 693 g/mol. The number of hydrogen-bond donors (Lipinski definition) is 0. The first kappa shape index (κ1) is 28.9. The Bertz CT molecular complexity index is 1470. The molecular formula is C31H20F2IrN5. The SMILES string of the molecule is Fc1cc(F)c(-n2cccn2)[c-]c1-n1cccn1.[C-]#Cc1ccccc1.[Ir+3].[c-]1ccccc1-c1ccccn1. The molecule has 3 aromatic heterocycles. The van der Waals surface area contributed by atoms with Gasteiger partial charge < -0.3 is 11.4 Å². The fourth-order valence-corrected chi connectivity index (χ4v) is 3.21. The second-order valence-electron chi connectivity index (χ2n) is 7.55. The van der Waals surface area contributed by atoms with Crippen LogP contribution in [0.1, 0.15) is 5.56 Å². The minimum Gasteiger partial charge on any atom is -0.366 e. The van der Waals surface area contributed by atoms with Crippen molar-refractivity contribution in [2.24, 2.45) is 0 Å². The molecular weight excluding hydrogens is 673 g/mol. The number of nitrogens with zero attached hydrogens (tertiary/aromatic N) is 5. The fourth-order valence-electron chi connectivity index (χ4n) is 3.21. The van der Waals surface area contributed by atoms with Crippen LogP contribution in [0.2, 0.25) is 0 Å². The molecule has 3 heterocycles. The van der Waals surface area contributed by atoms with Crippen molar-refractivity contribution in [2.75, 3.05) is 0 Å². The second kappa shape index (κ2) is 14.9. The maximum absolute atomic E-state index is 13.7. The predicted molar refractivity (Wildman–Crippen MR) is 141 cm³/mol. The summed E-state index contributed by atoms with van der Waals surface area (Å²) in [6.45, 7) is 0. The standard InChI is InChI=1S/C12H7F2N4.C11H8N.C8H5.Ir/c13-9-7-10(14)12(18-6-2-4-16-18)8-11(9)17-5-1-3-15-17;1-2-6-10(7-3-1)11-8-4-5-9-12-11;1-2-8-6-4-3-5-7-8;/h1-7H;1-6,8-9H;3-7H;/q3*-1;+3. The van der Waals surface area contributed by atoms with E-state index in [1.54, 1.807) is 30.7 Å². The first-order valence-corrected chi connectivity index (χ1v) is 11.4. The third kappa shape index (κ3) is 8.14. The second-order valence-corrected chi connectivity index (χ2v) is 7.55. The van der Waals surface area contributed by atoms with Gasteiger partial charge in [0.15, 0.2) is 0 Å². The Labute approximate surface area is 239 Å². The van der Waals surface area contributed by atoms with E-state index in [9.17, 15) is 8.78 Å². The molecule has 0 amide bonds. The third-order valence-electron chi connectivity index (χ3n) is 4.98. The molecule has 0 spiro atoms. The molecule has 192 valence electrons. The first-order valence-electron chi connectivity index (χ1n) is 11.4. The van der Waals surface area contributed by atoms with Gasteiger partial charge in [-0.3, -0.25) is 24.1 Å². The molecule has 3 aromatic carbocycles. The van der Waals surface area contributed by atoms with Crippen LogP contribution in [0.15, 0.2) is 122 Å². The Morgan fingerprint density at radius 1 is 0.718 bits per heavy atom. The van der Waals surface area contributed by atoms with Crippen molar-refractivity contribution in [1.29, 1.82) is 0 Å². The van der Waals surface area contributed by atoms with E-state index >= 15 is 0 Å². The number of aromatic nitrogens is 5. The van der Waals surface area contributed by atoms with Gasteiger partial charge in [0.05, 0.1) is 0 Å². The zero-order valence-electron chi connectivity index (χ0n) is 20.4. The van der Waals surface area contributed by atoms with Crippen LogP contribution < -0.4 is 0 Å². The van der Waals surface area contributed by atoms with Crippen LogP contribution in [0.5, 0.6) is 0 Å². The minimum absolute atomic E-state index is 0. The molecule has 0 saturated carbocycles. The number of rotatable bonds is 3. The van der Waals surface area contributed by atoms with Gasteiger partial charge in [-0.25, -0.2) is 0 Å². The van der Waals surface area contributed by atoms with Crippen LogP contribution >= 0.6 is 0 Å². The van der Waals surface area contributed by atoms with E-state index in [0.29, 0.717) is 0 Å². The van der Waals surface area contributed by atoms with E-state index in [-0.39, 0.29) is 31.5 Å². The Kier molecular flexibility index (Phi) is 11.0. The maximum Gasteiger partial charge on any atom is 3.00 e. The minimum atomic E-state index is -0.730. The number of hydrogen-bond acceptors (Lipinski definition) is 3. The van der Waals surface area contributed by atoms with Gasteiger partial charge in [-0.15, -0.1) is 59.7 Å². The van der Waals surface area contributed by atoms with Gasteiger partial charge in [-0.05, 0) is 35.3 Å². The first-order chi connectivity index (χ1) is 18.7. The van der Waals surface area contributed by atoms with Crippen molar-refractivity contribution in [2.45, 2.75) is 0 Å². The molecule has 0 aliphatic rings. The Hall–Kier alpha value is -4.70. The Balaban J connectivity index is 0.000000173. The molecule has 0 aliphatic heterocycles. The van der Waals surface area contributed by atoms with Gasteiger partial charge in [0.25, 0.3) is 0 Å². The largest absolute Gasteiger partial charge is 3.00 e. The molecule has 0 unspecified atom stereocenters. The summed E-state index contributed by atoms with van der Waals surface area (Å²) in [5.74, 6) is 0.818. The molecule has 6 rings (SSSR count). The van der Waals surface area contributed by atoms with E-state index in [2.05, 4.69) is 33.2 Å². The smallest absolute Gasteiger partial charge is 0.366 e. The van der Waals surface area contributed by atoms with E-state index in [1.807, 2.05) is 72.8 Å². The quantitative estimate of drug-likeness (QED) is 0.162. The number of benzene rings is 3. The molecule has 0 aliphatic carbocycles. The average Bonchev–Trinajstić information content (AvgIpc) is 3.71. The van der Waals surface area contributed by atoms with Crippen LogP contribution in [-0.2, 0) is 20.1 Å². The van der Waals surface area contributed by atoms with Crippen LogP contribution in [0, 0.1) is 36.1 Å². The topological polar surface area (TPSA) is 48.5 Å². The van der Waals surface area contributed by atoms with E-state index in [0.717, 1.165) is 22.9 Å². The summed E-state index contributed by atoms with van der Waals surface area (Å²) < 4.78 is 29.9. The van der Waals surface area contributed by atoms with Crippen LogP contribution in [0.4, 0.5) is 8.78 Å². The summed E-state index contributed by atoms with van der Waals surface area (Å²) in [7, 11) is 0. The molecule has 0 saturated heterocycles. The fraction of sp³-hybridized carbons (Fsp3) is 0. The van der Waals surface area contributed by atoms with Crippen molar-refractivity contribution in [3.8, 4) is 28.6 Å². The molecule has 0 radical (unpaired) electrons. The maximum atomic E-state index is 13.7. The van der Waals surface area contributed by atoms with E-state index in [1.165, 1.54) is 21.8 Å². The summed E-state index contributed by atoms with van der Waals surface area (Å²) >= 11 is 0. The normalized spacial score (nSPS) is 9.56.